The molecule has 0 heterocycles. The van der Waals surface area contributed by atoms with Gasteiger partial charge in [-0.05, 0) is 31.2 Å². The number of hydrogen-bond acceptors (Lipinski definition) is 1. The standard InChI is InChI=1S/C14H22FN/c1-4-14(16,10-9-11(2)3)12-7-5-6-8-13(12)15/h5-8,11H,4,9-10,16H2,1-3H3. The molecule has 0 fully saturated rings. The van der Waals surface area contributed by atoms with E-state index in [0.29, 0.717) is 11.5 Å². The lowest BCUT2D eigenvalue weighted by Crippen LogP contribution is -2.37. The summed E-state index contributed by atoms with van der Waals surface area (Å²) < 4.78 is 13.7. The molecular formula is C14H22FN. The van der Waals surface area contributed by atoms with Crippen LogP contribution in [0.15, 0.2) is 24.3 Å². The molecule has 2 heteroatoms. The molecule has 1 aromatic carbocycles. The van der Waals surface area contributed by atoms with Crippen LogP contribution >= 0.6 is 0 Å². The van der Waals surface area contributed by atoms with Crippen LogP contribution in [0.2, 0.25) is 0 Å². The Morgan fingerprint density at radius 2 is 1.94 bits per heavy atom. The van der Waals surface area contributed by atoms with E-state index < -0.39 is 5.54 Å². The average molecular weight is 223 g/mol. The van der Waals surface area contributed by atoms with E-state index in [2.05, 4.69) is 13.8 Å². The van der Waals surface area contributed by atoms with Crippen molar-refractivity contribution in [2.75, 3.05) is 0 Å². The van der Waals surface area contributed by atoms with E-state index in [1.165, 1.54) is 6.07 Å². The van der Waals surface area contributed by atoms with Crippen molar-refractivity contribution in [3.05, 3.63) is 35.6 Å². The van der Waals surface area contributed by atoms with E-state index in [1.54, 1.807) is 12.1 Å². The van der Waals surface area contributed by atoms with Gasteiger partial charge in [-0.2, -0.15) is 0 Å². The van der Waals surface area contributed by atoms with Crippen LogP contribution in [-0.2, 0) is 5.54 Å². The van der Waals surface area contributed by atoms with Gasteiger partial charge in [-0.25, -0.2) is 4.39 Å². The second-order valence-corrected chi connectivity index (χ2v) is 4.92. The fourth-order valence-corrected chi connectivity index (χ4v) is 1.91. The van der Waals surface area contributed by atoms with E-state index in [9.17, 15) is 4.39 Å². The summed E-state index contributed by atoms with van der Waals surface area (Å²) >= 11 is 0. The molecule has 0 aromatic heterocycles. The van der Waals surface area contributed by atoms with Gasteiger partial charge < -0.3 is 5.73 Å². The van der Waals surface area contributed by atoms with E-state index >= 15 is 0 Å². The minimum Gasteiger partial charge on any atom is -0.321 e. The molecule has 0 amide bonds. The van der Waals surface area contributed by atoms with Crippen molar-refractivity contribution in [1.29, 1.82) is 0 Å². The zero-order chi connectivity index (χ0) is 12.2. The van der Waals surface area contributed by atoms with Gasteiger partial charge in [0, 0.05) is 11.1 Å². The average Bonchev–Trinajstić information content (AvgIpc) is 2.26. The molecule has 1 atom stereocenters. The molecule has 0 spiro atoms. The summed E-state index contributed by atoms with van der Waals surface area (Å²) in [6.07, 6.45) is 2.63. The lowest BCUT2D eigenvalue weighted by Gasteiger charge is -2.30. The smallest absolute Gasteiger partial charge is 0.128 e. The third kappa shape index (κ3) is 3.05. The number of rotatable bonds is 5. The van der Waals surface area contributed by atoms with Gasteiger partial charge in [-0.15, -0.1) is 0 Å². The Kier molecular flexibility index (Phi) is 4.48. The SMILES string of the molecule is CCC(N)(CCC(C)C)c1ccccc1F. The molecule has 0 aliphatic rings. The Labute approximate surface area is 97.9 Å². The van der Waals surface area contributed by atoms with Gasteiger partial charge in [0.15, 0.2) is 0 Å². The lowest BCUT2D eigenvalue weighted by atomic mass is 9.82. The molecule has 1 rings (SSSR count). The molecule has 1 aromatic rings. The van der Waals surface area contributed by atoms with Crippen molar-refractivity contribution >= 4 is 0 Å². The summed E-state index contributed by atoms with van der Waals surface area (Å²) in [4.78, 5) is 0. The number of nitrogens with two attached hydrogens (primary N) is 1. The van der Waals surface area contributed by atoms with Crippen LogP contribution in [0.5, 0.6) is 0 Å². The molecule has 1 nitrogen and oxygen atoms in total. The molecular weight excluding hydrogens is 201 g/mol. The highest BCUT2D eigenvalue weighted by atomic mass is 19.1. The maximum atomic E-state index is 13.7. The molecule has 0 saturated carbocycles. The Morgan fingerprint density at radius 1 is 1.31 bits per heavy atom. The first-order valence-electron chi connectivity index (χ1n) is 6.03. The zero-order valence-electron chi connectivity index (χ0n) is 10.5. The largest absolute Gasteiger partial charge is 0.321 e. The molecule has 0 radical (unpaired) electrons. The maximum absolute atomic E-state index is 13.7. The van der Waals surface area contributed by atoms with Gasteiger partial charge in [-0.1, -0.05) is 39.0 Å². The van der Waals surface area contributed by atoms with Crippen molar-refractivity contribution in [2.24, 2.45) is 11.7 Å². The van der Waals surface area contributed by atoms with Crippen LogP contribution in [-0.4, -0.2) is 0 Å². The van der Waals surface area contributed by atoms with Crippen molar-refractivity contribution in [2.45, 2.75) is 45.6 Å². The first-order chi connectivity index (χ1) is 7.49. The summed E-state index contributed by atoms with van der Waals surface area (Å²) in [5.41, 5.74) is 6.46. The second kappa shape index (κ2) is 5.44. The van der Waals surface area contributed by atoms with Crippen LogP contribution in [0.25, 0.3) is 0 Å². The fourth-order valence-electron chi connectivity index (χ4n) is 1.91. The van der Waals surface area contributed by atoms with Crippen LogP contribution in [0.1, 0.15) is 45.6 Å². The fraction of sp³-hybridized carbons (Fsp3) is 0.571. The minimum absolute atomic E-state index is 0.185. The number of halogens is 1. The minimum atomic E-state index is -0.518. The maximum Gasteiger partial charge on any atom is 0.128 e. The Hall–Kier alpha value is -0.890. The summed E-state index contributed by atoms with van der Waals surface area (Å²) in [7, 11) is 0. The molecule has 16 heavy (non-hydrogen) atoms. The van der Waals surface area contributed by atoms with E-state index in [-0.39, 0.29) is 5.82 Å². The summed E-state index contributed by atoms with van der Waals surface area (Å²) in [6, 6.07) is 6.85. The normalized spacial score (nSPS) is 15.1. The van der Waals surface area contributed by atoms with Crippen LogP contribution in [0.3, 0.4) is 0 Å². The highest BCUT2D eigenvalue weighted by Gasteiger charge is 2.27. The van der Waals surface area contributed by atoms with E-state index in [4.69, 9.17) is 5.73 Å². The zero-order valence-corrected chi connectivity index (χ0v) is 10.5. The van der Waals surface area contributed by atoms with Crippen molar-refractivity contribution in [3.8, 4) is 0 Å². The van der Waals surface area contributed by atoms with Gasteiger partial charge in [0.25, 0.3) is 0 Å². The highest BCUT2D eigenvalue weighted by Crippen LogP contribution is 2.30. The van der Waals surface area contributed by atoms with Gasteiger partial charge in [0.1, 0.15) is 5.82 Å². The van der Waals surface area contributed by atoms with E-state index in [0.717, 1.165) is 19.3 Å². The van der Waals surface area contributed by atoms with Gasteiger partial charge in [0.05, 0.1) is 0 Å². The third-order valence-corrected chi connectivity index (χ3v) is 3.21. The monoisotopic (exact) mass is 223 g/mol. The summed E-state index contributed by atoms with van der Waals surface area (Å²) in [6.45, 7) is 6.35. The van der Waals surface area contributed by atoms with E-state index in [1.807, 2.05) is 13.0 Å². The quantitative estimate of drug-likeness (QED) is 0.806. The molecule has 90 valence electrons. The lowest BCUT2D eigenvalue weighted by molar-refractivity contribution is 0.342. The predicted octanol–water partition coefficient (Wildman–Crippen LogP) is 3.83. The van der Waals surface area contributed by atoms with Gasteiger partial charge >= 0.3 is 0 Å². The molecule has 0 bridgehead atoms. The first kappa shape index (κ1) is 13.2. The van der Waals surface area contributed by atoms with Crippen LogP contribution in [0, 0.1) is 11.7 Å². The summed E-state index contributed by atoms with van der Waals surface area (Å²) in [5, 5.41) is 0. The van der Waals surface area contributed by atoms with Gasteiger partial charge in [-0.3, -0.25) is 0 Å². The topological polar surface area (TPSA) is 26.0 Å². The Balaban J connectivity index is 2.91. The predicted molar refractivity (Wildman–Crippen MR) is 66.6 cm³/mol. The molecule has 0 aliphatic heterocycles. The molecule has 0 aliphatic carbocycles. The Morgan fingerprint density at radius 3 is 2.44 bits per heavy atom. The van der Waals surface area contributed by atoms with Crippen LogP contribution < -0.4 is 5.73 Å². The van der Waals surface area contributed by atoms with Gasteiger partial charge in [0.2, 0.25) is 0 Å². The third-order valence-electron chi connectivity index (χ3n) is 3.21. The number of hydrogen-bond donors (Lipinski definition) is 1. The van der Waals surface area contributed by atoms with Crippen molar-refractivity contribution in [1.82, 2.24) is 0 Å². The summed E-state index contributed by atoms with van der Waals surface area (Å²) in [5.74, 6) is 0.414. The molecule has 2 N–H and O–H groups in total. The van der Waals surface area contributed by atoms with Crippen LogP contribution in [0.4, 0.5) is 4.39 Å². The number of benzene rings is 1. The highest BCUT2D eigenvalue weighted by molar-refractivity contribution is 5.25. The van der Waals surface area contributed by atoms with Crippen molar-refractivity contribution in [3.63, 3.8) is 0 Å². The van der Waals surface area contributed by atoms with Crippen molar-refractivity contribution < 1.29 is 4.39 Å². The molecule has 1 unspecified atom stereocenters. The second-order valence-electron chi connectivity index (χ2n) is 4.92. The Bertz CT molecular complexity index is 335. The molecule has 0 saturated heterocycles. The first-order valence-corrected chi connectivity index (χ1v) is 6.03.